The molecule has 7 heteroatoms. The second kappa shape index (κ2) is 8.94. The van der Waals surface area contributed by atoms with Gasteiger partial charge in [-0.2, -0.15) is 0 Å². The minimum atomic E-state index is -0.412. The molecule has 3 amide bonds. The molecule has 0 atom stereocenters. The molecule has 0 radical (unpaired) electrons. The summed E-state index contributed by atoms with van der Waals surface area (Å²) in [5, 5.41) is 2.31. The smallest absolute Gasteiger partial charge is 0.294 e. The van der Waals surface area contributed by atoms with E-state index in [2.05, 4.69) is 5.32 Å². The Morgan fingerprint density at radius 2 is 2.00 bits per heavy atom. The Morgan fingerprint density at radius 1 is 1.29 bits per heavy atom. The first kappa shape index (κ1) is 18.6. The van der Waals surface area contributed by atoms with E-state index in [0.29, 0.717) is 11.4 Å². The fourth-order valence-corrected chi connectivity index (χ4v) is 3.34. The maximum Gasteiger partial charge on any atom is 0.294 e. The number of carbonyl (C=O) groups excluding carboxylic acids is 3. The molecule has 1 heterocycles. The van der Waals surface area contributed by atoms with Crippen LogP contribution >= 0.6 is 23.5 Å². The van der Waals surface area contributed by atoms with E-state index < -0.39 is 11.1 Å². The number of imide groups is 1. The van der Waals surface area contributed by atoms with E-state index in [1.807, 2.05) is 37.4 Å². The van der Waals surface area contributed by atoms with Gasteiger partial charge in [0.1, 0.15) is 6.54 Å². The first-order valence-corrected chi connectivity index (χ1v) is 9.75. The van der Waals surface area contributed by atoms with Crippen molar-refractivity contribution in [2.24, 2.45) is 0 Å². The Hall–Kier alpha value is -1.73. The van der Waals surface area contributed by atoms with Crippen LogP contribution in [0.15, 0.2) is 34.1 Å². The monoisotopic (exact) mass is 364 g/mol. The average molecular weight is 364 g/mol. The second-order valence-corrected chi connectivity index (χ2v) is 7.12. The summed E-state index contributed by atoms with van der Waals surface area (Å²) in [5.74, 6) is -0.721. The lowest BCUT2D eigenvalue weighted by molar-refractivity contribution is -0.129. The number of hydrogen-bond donors (Lipinski definition) is 1. The Kier molecular flexibility index (Phi) is 6.93. The lowest BCUT2D eigenvalue weighted by Crippen LogP contribution is -2.39. The predicted molar refractivity (Wildman–Crippen MR) is 98.8 cm³/mol. The van der Waals surface area contributed by atoms with Crippen molar-refractivity contribution in [3.63, 3.8) is 0 Å². The molecule has 1 aliphatic rings. The number of carbonyl (C=O) groups is 3. The highest BCUT2D eigenvalue weighted by molar-refractivity contribution is 8.18. The van der Waals surface area contributed by atoms with E-state index in [9.17, 15) is 14.4 Å². The van der Waals surface area contributed by atoms with Crippen molar-refractivity contribution in [1.82, 2.24) is 10.2 Å². The van der Waals surface area contributed by atoms with E-state index in [4.69, 9.17) is 0 Å². The summed E-state index contributed by atoms with van der Waals surface area (Å²) >= 11 is 2.51. The van der Waals surface area contributed by atoms with Gasteiger partial charge in [0.15, 0.2) is 0 Å². The summed E-state index contributed by atoms with van der Waals surface area (Å²) in [7, 11) is 0. The number of nitrogens with one attached hydrogen (secondary N) is 1. The van der Waals surface area contributed by atoms with Gasteiger partial charge in [0.25, 0.3) is 11.1 Å². The fraction of sp³-hybridized carbons (Fsp3) is 0.353. The van der Waals surface area contributed by atoms with Crippen molar-refractivity contribution in [1.29, 1.82) is 0 Å². The number of rotatable bonds is 7. The highest BCUT2D eigenvalue weighted by atomic mass is 32.2. The van der Waals surface area contributed by atoms with Gasteiger partial charge in [-0.15, -0.1) is 11.8 Å². The van der Waals surface area contributed by atoms with Crippen LogP contribution in [0.4, 0.5) is 4.79 Å². The van der Waals surface area contributed by atoms with Crippen LogP contribution in [0.25, 0.3) is 6.08 Å². The summed E-state index contributed by atoms with van der Waals surface area (Å²) in [6.45, 7) is 2.36. The lowest BCUT2D eigenvalue weighted by Gasteiger charge is -2.12. The first-order valence-electron chi connectivity index (χ1n) is 7.71. The molecule has 0 aromatic heterocycles. The lowest BCUT2D eigenvalue weighted by atomic mass is 10.2. The van der Waals surface area contributed by atoms with Crippen LogP contribution in [-0.2, 0) is 9.59 Å². The molecule has 1 N–H and O–H groups in total. The third kappa shape index (κ3) is 4.88. The van der Waals surface area contributed by atoms with Crippen LogP contribution in [0.5, 0.6) is 0 Å². The summed E-state index contributed by atoms with van der Waals surface area (Å²) < 4.78 is 0. The minimum Gasteiger partial charge on any atom is -0.355 e. The van der Waals surface area contributed by atoms with Crippen molar-refractivity contribution in [3.05, 3.63) is 34.7 Å². The molecule has 1 aromatic carbocycles. The van der Waals surface area contributed by atoms with Gasteiger partial charge in [-0.3, -0.25) is 19.3 Å². The molecular weight excluding hydrogens is 344 g/mol. The second-order valence-electron chi connectivity index (χ2n) is 5.24. The number of nitrogens with zero attached hydrogens (tertiary/aromatic N) is 1. The van der Waals surface area contributed by atoms with E-state index in [0.717, 1.165) is 40.0 Å². The maximum absolute atomic E-state index is 12.3. The molecule has 1 aliphatic heterocycles. The zero-order valence-corrected chi connectivity index (χ0v) is 15.3. The third-order valence-corrected chi connectivity index (χ3v) is 5.09. The molecule has 128 valence electrons. The summed E-state index contributed by atoms with van der Waals surface area (Å²) in [4.78, 5) is 38.6. The number of unbranched alkanes of at least 4 members (excludes halogenated alkanes) is 1. The van der Waals surface area contributed by atoms with Gasteiger partial charge in [0, 0.05) is 11.4 Å². The SMILES string of the molecule is CCCCNC(=O)CN1C(=O)S/C(=C\c2ccc(SC)cc2)C1=O. The largest absolute Gasteiger partial charge is 0.355 e. The van der Waals surface area contributed by atoms with Gasteiger partial charge in [-0.25, -0.2) is 0 Å². The molecule has 5 nitrogen and oxygen atoms in total. The zero-order valence-electron chi connectivity index (χ0n) is 13.7. The number of hydrogen-bond acceptors (Lipinski definition) is 5. The molecule has 0 saturated carbocycles. The summed E-state index contributed by atoms with van der Waals surface area (Å²) in [6, 6.07) is 7.72. The van der Waals surface area contributed by atoms with Gasteiger partial charge in [-0.05, 0) is 48.2 Å². The van der Waals surface area contributed by atoms with E-state index >= 15 is 0 Å². The van der Waals surface area contributed by atoms with Gasteiger partial charge in [0.05, 0.1) is 4.91 Å². The Balaban J connectivity index is 2.02. The molecule has 1 fully saturated rings. The third-order valence-electron chi connectivity index (χ3n) is 3.44. The first-order chi connectivity index (χ1) is 11.5. The molecule has 2 rings (SSSR count). The Bertz CT molecular complexity index is 656. The molecule has 0 aliphatic carbocycles. The van der Waals surface area contributed by atoms with Crippen molar-refractivity contribution < 1.29 is 14.4 Å². The standard InChI is InChI=1S/C17H20N2O3S2/c1-3-4-9-18-15(20)11-19-16(21)14(24-17(19)22)10-12-5-7-13(23-2)8-6-12/h5-8,10H,3-4,9,11H2,1-2H3,(H,18,20)/b14-10-. The summed E-state index contributed by atoms with van der Waals surface area (Å²) in [5.41, 5.74) is 0.852. The highest BCUT2D eigenvalue weighted by Crippen LogP contribution is 2.32. The van der Waals surface area contributed by atoms with Gasteiger partial charge in [-0.1, -0.05) is 25.5 Å². The van der Waals surface area contributed by atoms with Crippen LogP contribution in [-0.4, -0.2) is 41.3 Å². The molecule has 0 bridgehead atoms. The summed E-state index contributed by atoms with van der Waals surface area (Å²) in [6.07, 6.45) is 5.52. The van der Waals surface area contributed by atoms with Gasteiger partial charge < -0.3 is 5.32 Å². The van der Waals surface area contributed by atoms with E-state index in [1.54, 1.807) is 17.8 Å². The molecular formula is C17H20N2O3S2. The van der Waals surface area contributed by atoms with Crippen molar-refractivity contribution in [3.8, 4) is 0 Å². The van der Waals surface area contributed by atoms with Crippen molar-refractivity contribution >= 4 is 46.7 Å². The topological polar surface area (TPSA) is 66.5 Å². The molecule has 0 spiro atoms. The van der Waals surface area contributed by atoms with Crippen LogP contribution in [0.3, 0.4) is 0 Å². The van der Waals surface area contributed by atoms with Crippen LogP contribution in [0.2, 0.25) is 0 Å². The number of thioether (sulfide) groups is 2. The number of benzene rings is 1. The van der Waals surface area contributed by atoms with Crippen molar-refractivity contribution in [2.45, 2.75) is 24.7 Å². The fourth-order valence-electron chi connectivity index (χ4n) is 2.09. The Labute approximate surface area is 150 Å². The average Bonchev–Trinajstić information content (AvgIpc) is 2.83. The quantitative estimate of drug-likeness (QED) is 0.456. The zero-order chi connectivity index (χ0) is 17.5. The van der Waals surface area contributed by atoms with Crippen molar-refractivity contribution in [2.75, 3.05) is 19.3 Å². The van der Waals surface area contributed by atoms with Crippen LogP contribution in [0.1, 0.15) is 25.3 Å². The van der Waals surface area contributed by atoms with Gasteiger partial charge >= 0.3 is 0 Å². The van der Waals surface area contributed by atoms with Gasteiger partial charge in [0.2, 0.25) is 5.91 Å². The predicted octanol–water partition coefficient (Wildman–Crippen LogP) is 3.36. The molecule has 1 saturated heterocycles. The molecule has 1 aromatic rings. The normalized spacial score (nSPS) is 16.1. The molecule has 24 heavy (non-hydrogen) atoms. The number of amides is 3. The highest BCUT2D eigenvalue weighted by Gasteiger charge is 2.36. The van der Waals surface area contributed by atoms with Crippen LogP contribution < -0.4 is 5.32 Å². The molecule has 0 unspecified atom stereocenters. The van der Waals surface area contributed by atoms with E-state index in [-0.39, 0.29) is 12.5 Å². The Morgan fingerprint density at radius 3 is 2.62 bits per heavy atom. The van der Waals surface area contributed by atoms with E-state index in [1.165, 1.54) is 0 Å². The maximum atomic E-state index is 12.3. The minimum absolute atomic E-state index is 0.225. The van der Waals surface area contributed by atoms with Crippen LogP contribution in [0, 0.1) is 0 Å².